The van der Waals surface area contributed by atoms with Gasteiger partial charge in [-0.25, -0.2) is 9.48 Å². The van der Waals surface area contributed by atoms with Crippen LogP contribution in [0.15, 0.2) is 48.5 Å². The largest absolute Gasteiger partial charge is 0.497 e. The lowest BCUT2D eigenvalue weighted by Gasteiger charge is -2.14. The van der Waals surface area contributed by atoms with Gasteiger partial charge in [-0.3, -0.25) is 4.79 Å². The highest BCUT2D eigenvalue weighted by Crippen LogP contribution is 2.23. The lowest BCUT2D eigenvalue weighted by atomic mass is 10.2. The number of carbonyl (C=O) groups excluding carboxylic acids is 2. The predicted octanol–water partition coefficient (Wildman–Crippen LogP) is 3.76. The SMILES string of the molecule is COc1ccc(OC(C)C(=O)OCC(=O)Nc2c(C)nn(-c3ccc(C)cc3)c2C)cc1. The molecule has 0 aliphatic carbocycles. The van der Waals surface area contributed by atoms with Crippen LogP contribution in [0.2, 0.25) is 0 Å². The van der Waals surface area contributed by atoms with Crippen LogP contribution >= 0.6 is 0 Å². The summed E-state index contributed by atoms with van der Waals surface area (Å²) in [5.74, 6) is 0.0828. The summed E-state index contributed by atoms with van der Waals surface area (Å²) in [6, 6.07) is 14.7. The van der Waals surface area contributed by atoms with E-state index in [9.17, 15) is 9.59 Å². The van der Waals surface area contributed by atoms with E-state index in [0.717, 1.165) is 16.9 Å². The lowest BCUT2D eigenvalue weighted by molar-refractivity contribution is -0.153. The van der Waals surface area contributed by atoms with Gasteiger partial charge in [-0.15, -0.1) is 0 Å². The van der Waals surface area contributed by atoms with Crippen molar-refractivity contribution in [3.05, 3.63) is 65.5 Å². The molecule has 0 spiro atoms. The van der Waals surface area contributed by atoms with Crippen molar-refractivity contribution in [1.29, 1.82) is 0 Å². The van der Waals surface area contributed by atoms with Crippen LogP contribution in [0.3, 0.4) is 0 Å². The minimum Gasteiger partial charge on any atom is -0.497 e. The molecule has 0 fully saturated rings. The first-order valence-electron chi connectivity index (χ1n) is 10.2. The number of nitrogens with one attached hydrogen (secondary N) is 1. The summed E-state index contributed by atoms with van der Waals surface area (Å²) in [6.45, 7) is 6.82. The van der Waals surface area contributed by atoms with Crippen molar-refractivity contribution in [3.8, 4) is 17.2 Å². The van der Waals surface area contributed by atoms with E-state index >= 15 is 0 Å². The minimum absolute atomic E-state index is 0.427. The topological polar surface area (TPSA) is 91.7 Å². The predicted molar refractivity (Wildman–Crippen MR) is 120 cm³/mol. The van der Waals surface area contributed by atoms with Crippen LogP contribution in [0.25, 0.3) is 5.69 Å². The van der Waals surface area contributed by atoms with Crippen molar-refractivity contribution in [1.82, 2.24) is 9.78 Å². The summed E-state index contributed by atoms with van der Waals surface area (Å²) >= 11 is 0. The molecule has 168 valence electrons. The third-order valence-electron chi connectivity index (χ3n) is 4.88. The molecule has 0 saturated carbocycles. The lowest BCUT2D eigenvalue weighted by Crippen LogP contribution is -2.29. The summed E-state index contributed by atoms with van der Waals surface area (Å²) in [5.41, 5.74) is 4.08. The maximum atomic E-state index is 12.4. The summed E-state index contributed by atoms with van der Waals surface area (Å²) in [4.78, 5) is 24.6. The van der Waals surface area contributed by atoms with E-state index in [1.807, 2.05) is 45.0 Å². The van der Waals surface area contributed by atoms with E-state index in [-0.39, 0.29) is 0 Å². The average molecular weight is 437 g/mol. The van der Waals surface area contributed by atoms with Gasteiger partial charge in [-0.2, -0.15) is 5.10 Å². The number of ether oxygens (including phenoxy) is 3. The van der Waals surface area contributed by atoms with Gasteiger partial charge >= 0.3 is 5.97 Å². The van der Waals surface area contributed by atoms with Gasteiger partial charge < -0.3 is 19.5 Å². The Bertz CT molecular complexity index is 1090. The Kier molecular flexibility index (Phi) is 7.14. The molecular weight excluding hydrogens is 410 g/mol. The zero-order valence-corrected chi connectivity index (χ0v) is 18.8. The Morgan fingerprint density at radius 1 is 1.00 bits per heavy atom. The fourth-order valence-electron chi connectivity index (χ4n) is 3.10. The molecule has 1 N–H and O–H groups in total. The third-order valence-corrected chi connectivity index (χ3v) is 4.88. The second-order valence-corrected chi connectivity index (χ2v) is 7.38. The number of rotatable bonds is 8. The highest BCUT2D eigenvalue weighted by atomic mass is 16.6. The van der Waals surface area contributed by atoms with Crippen LogP contribution in [-0.4, -0.2) is 41.5 Å². The molecule has 32 heavy (non-hydrogen) atoms. The molecule has 1 amide bonds. The first kappa shape index (κ1) is 22.9. The van der Waals surface area contributed by atoms with Crippen molar-refractivity contribution in [2.75, 3.05) is 19.0 Å². The van der Waals surface area contributed by atoms with E-state index in [1.54, 1.807) is 43.0 Å². The molecule has 0 radical (unpaired) electrons. The number of amides is 1. The van der Waals surface area contributed by atoms with Gasteiger partial charge in [-0.05, 0) is 64.1 Å². The fraction of sp³-hybridized carbons (Fsp3) is 0.292. The number of aryl methyl sites for hydroxylation is 2. The summed E-state index contributed by atoms with van der Waals surface area (Å²) in [5, 5.41) is 7.29. The first-order chi connectivity index (χ1) is 15.3. The van der Waals surface area contributed by atoms with Crippen LogP contribution in [0.4, 0.5) is 5.69 Å². The molecule has 0 bridgehead atoms. The van der Waals surface area contributed by atoms with Crippen molar-refractivity contribution >= 4 is 17.6 Å². The second kappa shape index (κ2) is 10.00. The molecule has 8 heteroatoms. The number of nitrogens with zero attached hydrogens (tertiary/aromatic N) is 2. The highest BCUT2D eigenvalue weighted by molar-refractivity contribution is 5.94. The molecule has 2 aromatic carbocycles. The Labute approximate surface area is 187 Å². The van der Waals surface area contributed by atoms with Crippen LogP contribution < -0.4 is 14.8 Å². The van der Waals surface area contributed by atoms with Gasteiger partial charge in [0.05, 0.1) is 29.9 Å². The number of aromatic nitrogens is 2. The monoisotopic (exact) mass is 437 g/mol. The van der Waals surface area contributed by atoms with E-state index in [2.05, 4.69) is 10.4 Å². The number of carbonyl (C=O) groups is 2. The summed E-state index contributed by atoms with van der Waals surface area (Å²) in [7, 11) is 1.57. The number of hydrogen-bond acceptors (Lipinski definition) is 6. The van der Waals surface area contributed by atoms with Gasteiger partial charge in [0.1, 0.15) is 11.5 Å². The van der Waals surface area contributed by atoms with Crippen LogP contribution in [-0.2, 0) is 14.3 Å². The molecule has 1 atom stereocenters. The van der Waals surface area contributed by atoms with Crippen molar-refractivity contribution in [3.63, 3.8) is 0 Å². The average Bonchev–Trinajstić information content (AvgIpc) is 3.06. The Hall–Kier alpha value is -3.81. The third kappa shape index (κ3) is 5.46. The van der Waals surface area contributed by atoms with E-state index < -0.39 is 24.6 Å². The normalized spacial score (nSPS) is 11.5. The molecule has 0 aliphatic rings. The second-order valence-electron chi connectivity index (χ2n) is 7.38. The number of esters is 1. The van der Waals surface area contributed by atoms with Crippen LogP contribution in [0, 0.1) is 20.8 Å². The molecule has 0 aliphatic heterocycles. The highest BCUT2D eigenvalue weighted by Gasteiger charge is 2.20. The molecule has 1 aromatic heterocycles. The Morgan fingerprint density at radius 3 is 2.25 bits per heavy atom. The summed E-state index contributed by atoms with van der Waals surface area (Å²) < 4.78 is 17.5. The maximum absolute atomic E-state index is 12.4. The van der Waals surface area contributed by atoms with E-state index in [1.165, 1.54) is 0 Å². The molecular formula is C24H27N3O5. The Morgan fingerprint density at radius 2 is 1.62 bits per heavy atom. The van der Waals surface area contributed by atoms with Gasteiger partial charge in [0.15, 0.2) is 12.7 Å². The smallest absolute Gasteiger partial charge is 0.347 e. The molecule has 3 rings (SSSR count). The van der Waals surface area contributed by atoms with Gasteiger partial charge in [0, 0.05) is 0 Å². The Balaban J connectivity index is 1.56. The number of hydrogen-bond donors (Lipinski definition) is 1. The van der Waals surface area contributed by atoms with Gasteiger partial charge in [0.2, 0.25) is 0 Å². The van der Waals surface area contributed by atoms with Crippen molar-refractivity contribution < 1.29 is 23.8 Å². The molecule has 0 saturated heterocycles. The van der Waals surface area contributed by atoms with Crippen molar-refractivity contribution in [2.24, 2.45) is 0 Å². The van der Waals surface area contributed by atoms with Gasteiger partial charge in [-0.1, -0.05) is 17.7 Å². The van der Waals surface area contributed by atoms with Crippen LogP contribution in [0.5, 0.6) is 11.5 Å². The van der Waals surface area contributed by atoms with E-state index in [0.29, 0.717) is 22.9 Å². The molecule has 3 aromatic rings. The zero-order chi connectivity index (χ0) is 23.3. The molecule has 8 nitrogen and oxygen atoms in total. The first-order valence-corrected chi connectivity index (χ1v) is 10.2. The van der Waals surface area contributed by atoms with Crippen molar-refractivity contribution in [2.45, 2.75) is 33.8 Å². The van der Waals surface area contributed by atoms with E-state index in [4.69, 9.17) is 14.2 Å². The minimum atomic E-state index is -0.871. The molecule has 1 unspecified atom stereocenters. The number of methoxy groups -OCH3 is 1. The van der Waals surface area contributed by atoms with Gasteiger partial charge in [0.25, 0.3) is 5.91 Å². The maximum Gasteiger partial charge on any atom is 0.347 e. The zero-order valence-electron chi connectivity index (χ0n) is 18.8. The summed E-state index contributed by atoms with van der Waals surface area (Å²) in [6.07, 6.45) is -0.871. The number of benzene rings is 2. The standard InChI is InChI=1S/C24H27N3O5/c1-15-6-8-19(9-7-15)27-17(3)23(16(2)26-27)25-22(28)14-31-24(29)18(4)32-21-12-10-20(30-5)11-13-21/h6-13,18H,14H2,1-5H3,(H,25,28). The number of anilines is 1. The fourth-order valence-corrected chi connectivity index (χ4v) is 3.10. The quantitative estimate of drug-likeness (QED) is 0.540. The molecule has 1 heterocycles. The van der Waals surface area contributed by atoms with Crippen LogP contribution in [0.1, 0.15) is 23.9 Å².